The number of rotatable bonds is 4. The van der Waals surface area contributed by atoms with Crippen molar-refractivity contribution in [3.63, 3.8) is 0 Å². The van der Waals surface area contributed by atoms with Gasteiger partial charge in [-0.1, -0.05) is 0 Å². The molecule has 2 amide bonds. The average Bonchev–Trinajstić information content (AvgIpc) is 3.02. The molecular formula is C25H30N4O4S. The molecule has 8 nitrogen and oxygen atoms in total. The summed E-state index contributed by atoms with van der Waals surface area (Å²) in [7, 11) is 0. The van der Waals surface area contributed by atoms with Gasteiger partial charge in [0.05, 0.1) is 18.9 Å². The molecule has 34 heavy (non-hydrogen) atoms. The largest absolute Gasteiger partial charge is 0.444 e. The molecule has 2 heterocycles. The molecule has 0 spiro atoms. The molecule has 2 saturated heterocycles. The maximum atomic E-state index is 13.1. The van der Waals surface area contributed by atoms with Crippen LogP contribution in [0.15, 0.2) is 48.5 Å². The SMILES string of the molecule is CC1C(=O)N(c2ccc(NC(=O)OC(C)(C)C)cc2)C(=S)N1c1ccc(N2CCOCC2)cc1. The highest BCUT2D eigenvalue weighted by Crippen LogP contribution is 2.32. The monoisotopic (exact) mass is 482 g/mol. The van der Waals surface area contributed by atoms with Crippen LogP contribution in [0.5, 0.6) is 0 Å². The van der Waals surface area contributed by atoms with Gasteiger partial charge in [-0.15, -0.1) is 0 Å². The zero-order chi connectivity index (χ0) is 24.5. The lowest BCUT2D eigenvalue weighted by Gasteiger charge is -2.29. The highest BCUT2D eigenvalue weighted by atomic mass is 32.1. The molecule has 2 aliphatic heterocycles. The summed E-state index contributed by atoms with van der Waals surface area (Å²) in [5.74, 6) is -0.102. The zero-order valence-electron chi connectivity index (χ0n) is 19.9. The van der Waals surface area contributed by atoms with E-state index < -0.39 is 17.7 Å². The van der Waals surface area contributed by atoms with Crippen molar-refractivity contribution in [2.24, 2.45) is 0 Å². The maximum Gasteiger partial charge on any atom is 0.412 e. The molecule has 1 N–H and O–H groups in total. The van der Waals surface area contributed by atoms with Crippen LogP contribution in [0.25, 0.3) is 0 Å². The van der Waals surface area contributed by atoms with Gasteiger partial charge in [-0.3, -0.25) is 15.0 Å². The predicted molar refractivity (Wildman–Crippen MR) is 138 cm³/mol. The zero-order valence-corrected chi connectivity index (χ0v) is 20.7. The average molecular weight is 483 g/mol. The number of hydrogen-bond donors (Lipinski definition) is 1. The lowest BCUT2D eigenvalue weighted by molar-refractivity contribution is -0.117. The first-order chi connectivity index (χ1) is 16.1. The van der Waals surface area contributed by atoms with Gasteiger partial charge in [0.1, 0.15) is 11.6 Å². The van der Waals surface area contributed by atoms with Crippen molar-refractivity contribution in [2.75, 3.05) is 46.3 Å². The Hall–Kier alpha value is -3.17. The number of morpholine rings is 1. The second-order valence-electron chi connectivity index (χ2n) is 9.29. The van der Waals surface area contributed by atoms with Crippen LogP contribution in [0.4, 0.5) is 27.5 Å². The van der Waals surface area contributed by atoms with E-state index in [4.69, 9.17) is 21.7 Å². The fraction of sp³-hybridized carbons (Fsp3) is 0.400. The van der Waals surface area contributed by atoms with Crippen molar-refractivity contribution in [1.82, 2.24) is 0 Å². The lowest BCUT2D eigenvalue weighted by atomic mass is 10.2. The third-order valence-corrected chi connectivity index (χ3v) is 6.02. The first-order valence-corrected chi connectivity index (χ1v) is 11.7. The molecule has 2 aliphatic rings. The van der Waals surface area contributed by atoms with Gasteiger partial charge in [0.2, 0.25) is 0 Å². The van der Waals surface area contributed by atoms with Crippen molar-refractivity contribution < 1.29 is 19.1 Å². The number of hydrogen-bond acceptors (Lipinski definition) is 6. The Morgan fingerprint density at radius 1 is 1.00 bits per heavy atom. The smallest absolute Gasteiger partial charge is 0.412 e. The first-order valence-electron chi connectivity index (χ1n) is 11.3. The molecule has 2 aromatic rings. The van der Waals surface area contributed by atoms with Gasteiger partial charge in [-0.25, -0.2) is 4.79 Å². The molecule has 0 bridgehead atoms. The standard InChI is InChI=1S/C25H30N4O4S/c1-17-22(30)29(21-7-5-18(6-8-21)26-23(31)33-25(2,3)4)24(34)28(17)20-11-9-19(10-12-20)27-13-15-32-16-14-27/h5-12,17H,13-16H2,1-4H3,(H,26,31). The van der Waals surface area contributed by atoms with Crippen LogP contribution in [0.2, 0.25) is 0 Å². The van der Waals surface area contributed by atoms with Gasteiger partial charge in [0, 0.05) is 30.2 Å². The molecule has 9 heteroatoms. The highest BCUT2D eigenvalue weighted by Gasteiger charge is 2.41. The summed E-state index contributed by atoms with van der Waals surface area (Å²) in [6.07, 6.45) is -0.534. The Kier molecular flexibility index (Phi) is 6.77. The summed E-state index contributed by atoms with van der Waals surface area (Å²) in [6.45, 7) is 10.4. The van der Waals surface area contributed by atoms with E-state index in [0.29, 0.717) is 16.5 Å². The van der Waals surface area contributed by atoms with Crippen LogP contribution in [0.3, 0.4) is 0 Å². The number of benzene rings is 2. The number of nitrogens with zero attached hydrogens (tertiary/aromatic N) is 3. The Morgan fingerprint density at radius 3 is 2.15 bits per heavy atom. The molecule has 1 atom stereocenters. The van der Waals surface area contributed by atoms with E-state index in [1.807, 2.05) is 24.0 Å². The van der Waals surface area contributed by atoms with Crippen LogP contribution in [0.1, 0.15) is 27.7 Å². The van der Waals surface area contributed by atoms with E-state index >= 15 is 0 Å². The number of carbonyl (C=O) groups excluding carboxylic acids is 2. The van der Waals surface area contributed by atoms with E-state index in [2.05, 4.69) is 22.3 Å². The molecule has 0 aliphatic carbocycles. The summed E-state index contributed by atoms with van der Waals surface area (Å²) in [5, 5.41) is 3.12. The first kappa shape index (κ1) is 24.0. The van der Waals surface area contributed by atoms with Gasteiger partial charge in [0.15, 0.2) is 5.11 Å². The lowest BCUT2D eigenvalue weighted by Crippen LogP contribution is -2.36. The minimum absolute atomic E-state index is 0.102. The normalized spacial score (nSPS) is 18.9. The Bertz CT molecular complexity index is 1060. The minimum Gasteiger partial charge on any atom is -0.444 e. The Morgan fingerprint density at radius 2 is 1.56 bits per heavy atom. The van der Waals surface area contributed by atoms with Crippen LogP contribution < -0.4 is 20.0 Å². The molecule has 0 aromatic heterocycles. The van der Waals surface area contributed by atoms with Gasteiger partial charge >= 0.3 is 6.09 Å². The molecule has 2 aromatic carbocycles. The van der Waals surface area contributed by atoms with Crippen molar-refractivity contribution in [3.05, 3.63) is 48.5 Å². The number of amides is 2. The van der Waals surface area contributed by atoms with Crippen molar-refractivity contribution >= 4 is 52.1 Å². The number of ether oxygens (including phenoxy) is 2. The molecule has 0 radical (unpaired) electrons. The van der Waals surface area contributed by atoms with Gasteiger partial charge in [0.25, 0.3) is 5.91 Å². The Labute approximate surface area is 205 Å². The minimum atomic E-state index is -0.585. The summed E-state index contributed by atoms with van der Waals surface area (Å²) in [5.41, 5.74) is 2.62. The summed E-state index contributed by atoms with van der Waals surface area (Å²) in [6, 6.07) is 14.6. The Balaban J connectivity index is 1.47. The summed E-state index contributed by atoms with van der Waals surface area (Å²) >= 11 is 5.71. The molecular weight excluding hydrogens is 452 g/mol. The molecule has 0 saturated carbocycles. The summed E-state index contributed by atoms with van der Waals surface area (Å²) < 4.78 is 10.7. The van der Waals surface area contributed by atoms with Gasteiger partial charge in [-0.2, -0.15) is 0 Å². The number of anilines is 4. The molecule has 2 fully saturated rings. The van der Waals surface area contributed by atoms with E-state index in [1.54, 1.807) is 45.0 Å². The van der Waals surface area contributed by atoms with E-state index in [0.717, 1.165) is 37.7 Å². The van der Waals surface area contributed by atoms with Crippen LogP contribution in [0, 0.1) is 0 Å². The second-order valence-corrected chi connectivity index (χ2v) is 9.66. The molecule has 180 valence electrons. The maximum absolute atomic E-state index is 13.1. The third-order valence-electron chi connectivity index (χ3n) is 5.64. The van der Waals surface area contributed by atoms with Gasteiger partial charge in [-0.05, 0) is 88.4 Å². The topological polar surface area (TPSA) is 74.4 Å². The highest BCUT2D eigenvalue weighted by molar-refractivity contribution is 7.81. The fourth-order valence-corrected chi connectivity index (χ4v) is 4.46. The molecule has 1 unspecified atom stereocenters. The third kappa shape index (κ3) is 5.15. The van der Waals surface area contributed by atoms with E-state index in [9.17, 15) is 9.59 Å². The predicted octanol–water partition coefficient (Wildman–Crippen LogP) is 4.40. The van der Waals surface area contributed by atoms with Crippen molar-refractivity contribution in [3.8, 4) is 0 Å². The van der Waals surface area contributed by atoms with Crippen molar-refractivity contribution in [2.45, 2.75) is 39.3 Å². The second kappa shape index (κ2) is 9.60. The van der Waals surface area contributed by atoms with Crippen LogP contribution in [-0.4, -0.2) is 55.1 Å². The van der Waals surface area contributed by atoms with Crippen molar-refractivity contribution in [1.29, 1.82) is 0 Å². The van der Waals surface area contributed by atoms with E-state index in [1.165, 1.54) is 4.90 Å². The quantitative estimate of drug-likeness (QED) is 0.648. The van der Waals surface area contributed by atoms with E-state index in [-0.39, 0.29) is 5.91 Å². The van der Waals surface area contributed by atoms with Crippen LogP contribution >= 0.6 is 12.2 Å². The fourth-order valence-electron chi connectivity index (χ4n) is 4.00. The van der Waals surface area contributed by atoms with Crippen LogP contribution in [-0.2, 0) is 14.3 Å². The number of thiocarbonyl (C=S) groups is 1. The number of carbonyl (C=O) groups is 2. The molecule has 4 rings (SSSR count). The summed E-state index contributed by atoms with van der Waals surface area (Å²) in [4.78, 5) is 30.8. The van der Waals surface area contributed by atoms with Gasteiger partial charge < -0.3 is 19.3 Å². The number of nitrogens with one attached hydrogen (secondary N) is 1.